The van der Waals surface area contributed by atoms with Crippen LogP contribution in [0.15, 0.2) is 48.1 Å². The van der Waals surface area contributed by atoms with E-state index < -0.39 is 16.1 Å². The first-order valence-electron chi connectivity index (χ1n) is 9.86. The van der Waals surface area contributed by atoms with Crippen molar-refractivity contribution in [3.8, 4) is 16.5 Å². The molecular weight excluding hydrogens is 452 g/mol. The molecule has 10 nitrogen and oxygen atoms in total. The monoisotopic (exact) mass is 474 g/mol. The summed E-state index contributed by atoms with van der Waals surface area (Å²) in [6.45, 7) is 1.29. The molecule has 0 aromatic carbocycles. The summed E-state index contributed by atoms with van der Waals surface area (Å²) in [4.78, 5) is 25.0. The molecule has 32 heavy (non-hydrogen) atoms. The summed E-state index contributed by atoms with van der Waals surface area (Å²) in [5.41, 5.74) is 0.923. The minimum absolute atomic E-state index is 0.102. The van der Waals surface area contributed by atoms with Gasteiger partial charge in [0.15, 0.2) is 0 Å². The fourth-order valence-corrected chi connectivity index (χ4v) is 4.90. The molecule has 168 valence electrons. The first-order chi connectivity index (χ1) is 15.4. The van der Waals surface area contributed by atoms with Crippen LogP contribution >= 0.6 is 11.3 Å². The van der Waals surface area contributed by atoms with Gasteiger partial charge in [-0.05, 0) is 24.6 Å². The molecule has 0 saturated carbocycles. The Labute approximate surface area is 189 Å². The highest BCUT2D eigenvalue weighted by Crippen LogP contribution is 2.25. The lowest BCUT2D eigenvalue weighted by Crippen LogP contribution is -2.28. The second-order valence-electron chi connectivity index (χ2n) is 7.30. The maximum absolute atomic E-state index is 12.3. The van der Waals surface area contributed by atoms with E-state index in [9.17, 15) is 13.2 Å². The number of sulfonamides is 1. The van der Waals surface area contributed by atoms with Crippen molar-refractivity contribution >= 4 is 39.0 Å². The summed E-state index contributed by atoms with van der Waals surface area (Å²) < 4.78 is 30.4. The second kappa shape index (κ2) is 9.59. The van der Waals surface area contributed by atoms with E-state index in [0.717, 1.165) is 17.0 Å². The van der Waals surface area contributed by atoms with Crippen LogP contribution in [-0.2, 0) is 10.0 Å². The van der Waals surface area contributed by atoms with Gasteiger partial charge in [-0.15, -0.1) is 11.3 Å². The summed E-state index contributed by atoms with van der Waals surface area (Å²) >= 11 is 1.42. The van der Waals surface area contributed by atoms with E-state index in [4.69, 9.17) is 4.74 Å². The summed E-state index contributed by atoms with van der Waals surface area (Å²) in [5, 5.41) is 7.88. The topological polar surface area (TPSA) is 126 Å². The zero-order valence-electron chi connectivity index (χ0n) is 17.3. The number of amides is 2. The summed E-state index contributed by atoms with van der Waals surface area (Å²) in [6.07, 6.45) is 5.32. The maximum Gasteiger partial charge on any atom is 0.326 e. The molecule has 2 amide bonds. The van der Waals surface area contributed by atoms with Gasteiger partial charge in [-0.1, -0.05) is 6.07 Å². The predicted molar refractivity (Wildman–Crippen MR) is 122 cm³/mol. The summed E-state index contributed by atoms with van der Waals surface area (Å²) in [5.74, 6) is 1.22. The van der Waals surface area contributed by atoms with Crippen LogP contribution in [-0.4, -0.2) is 59.7 Å². The van der Waals surface area contributed by atoms with E-state index in [1.165, 1.54) is 21.9 Å². The summed E-state index contributed by atoms with van der Waals surface area (Å²) in [6, 6.07) is 8.29. The smallest absolute Gasteiger partial charge is 0.326 e. The van der Waals surface area contributed by atoms with Crippen molar-refractivity contribution in [3.63, 3.8) is 0 Å². The quantitative estimate of drug-likeness (QED) is 0.539. The van der Waals surface area contributed by atoms with Crippen LogP contribution in [0.4, 0.5) is 16.4 Å². The Morgan fingerprint density at radius 2 is 1.97 bits per heavy atom. The molecule has 1 atom stereocenters. The molecule has 1 aliphatic heterocycles. The molecule has 0 bridgehead atoms. The lowest BCUT2D eigenvalue weighted by atomic mass is 10.1. The van der Waals surface area contributed by atoms with Crippen molar-refractivity contribution in [1.82, 2.24) is 19.3 Å². The molecular formula is C20H22N6O4S2. The van der Waals surface area contributed by atoms with Gasteiger partial charge in [0.05, 0.1) is 12.9 Å². The van der Waals surface area contributed by atoms with E-state index >= 15 is 0 Å². The van der Waals surface area contributed by atoms with E-state index in [1.807, 2.05) is 12.1 Å². The molecule has 0 aliphatic carbocycles. The first kappa shape index (κ1) is 22.1. The number of rotatable bonds is 7. The molecule has 1 unspecified atom stereocenters. The Kier molecular flexibility index (Phi) is 6.63. The molecule has 3 aromatic heterocycles. The van der Waals surface area contributed by atoms with Crippen LogP contribution in [0.2, 0.25) is 0 Å². The SMILES string of the molecule is CS(=O)(=O)N1CCC(COc2cccc(NC(=O)Nc3csc(-c4ccncc4)n3)n2)C1. The number of carbonyl (C=O) groups excluding carboxylic acids is 1. The zero-order chi connectivity index (χ0) is 22.6. The number of urea groups is 1. The van der Waals surface area contributed by atoms with Crippen molar-refractivity contribution in [1.29, 1.82) is 0 Å². The lowest BCUT2D eigenvalue weighted by molar-refractivity contribution is 0.246. The standard InChI is InChI=1S/C20H22N6O4S2/c1-32(28,29)26-10-7-14(11-26)12-30-18-4-2-3-16(22-18)24-20(27)25-17-13-31-19(23-17)15-5-8-21-9-6-15/h2-6,8-9,13-14H,7,10-12H2,1H3,(H2,22,24,25,27). The Bertz CT molecular complexity index is 1190. The number of thiazole rings is 1. The van der Waals surface area contributed by atoms with Gasteiger partial charge in [0.25, 0.3) is 0 Å². The number of nitrogens with one attached hydrogen (secondary N) is 2. The number of hydrogen-bond acceptors (Lipinski definition) is 8. The van der Waals surface area contributed by atoms with Crippen molar-refractivity contribution in [2.24, 2.45) is 5.92 Å². The number of hydrogen-bond donors (Lipinski definition) is 2. The fraction of sp³-hybridized carbons (Fsp3) is 0.300. The molecule has 3 aromatic rings. The van der Waals surface area contributed by atoms with E-state index in [-0.39, 0.29) is 5.92 Å². The third kappa shape index (κ3) is 5.78. The van der Waals surface area contributed by atoms with Crippen LogP contribution in [0.3, 0.4) is 0 Å². The average Bonchev–Trinajstić information content (AvgIpc) is 3.43. The Morgan fingerprint density at radius 3 is 2.72 bits per heavy atom. The van der Waals surface area contributed by atoms with Crippen molar-refractivity contribution in [2.45, 2.75) is 6.42 Å². The van der Waals surface area contributed by atoms with Gasteiger partial charge >= 0.3 is 6.03 Å². The number of pyridine rings is 2. The summed E-state index contributed by atoms with van der Waals surface area (Å²) in [7, 11) is -3.18. The maximum atomic E-state index is 12.3. The van der Waals surface area contributed by atoms with Crippen LogP contribution in [0.25, 0.3) is 10.6 Å². The van der Waals surface area contributed by atoms with Gasteiger partial charge in [0, 0.05) is 48.4 Å². The molecule has 0 spiro atoms. The minimum Gasteiger partial charge on any atom is -0.477 e. The molecule has 0 radical (unpaired) electrons. The van der Waals surface area contributed by atoms with Gasteiger partial charge in [0.2, 0.25) is 15.9 Å². The van der Waals surface area contributed by atoms with E-state index in [0.29, 0.717) is 37.2 Å². The molecule has 1 aliphatic rings. The highest BCUT2D eigenvalue weighted by Gasteiger charge is 2.28. The van der Waals surface area contributed by atoms with Gasteiger partial charge in [-0.3, -0.25) is 15.6 Å². The molecule has 1 fully saturated rings. The lowest BCUT2D eigenvalue weighted by Gasteiger charge is -2.14. The van der Waals surface area contributed by atoms with Crippen LogP contribution < -0.4 is 15.4 Å². The Hall–Kier alpha value is -3.09. The van der Waals surface area contributed by atoms with Gasteiger partial charge < -0.3 is 4.74 Å². The van der Waals surface area contributed by atoms with E-state index in [2.05, 4.69) is 25.6 Å². The number of carbonyl (C=O) groups is 1. The predicted octanol–water partition coefficient (Wildman–Crippen LogP) is 2.90. The van der Waals surface area contributed by atoms with Crippen molar-refractivity contribution < 1.29 is 17.9 Å². The molecule has 4 rings (SSSR count). The van der Waals surface area contributed by atoms with Crippen molar-refractivity contribution in [3.05, 3.63) is 48.1 Å². The molecule has 4 heterocycles. The zero-order valence-corrected chi connectivity index (χ0v) is 18.9. The highest BCUT2D eigenvalue weighted by atomic mass is 32.2. The van der Waals surface area contributed by atoms with Crippen LogP contribution in [0, 0.1) is 5.92 Å². The van der Waals surface area contributed by atoms with Crippen LogP contribution in [0.1, 0.15) is 6.42 Å². The van der Waals surface area contributed by atoms with Gasteiger partial charge in [-0.2, -0.15) is 4.98 Å². The number of ether oxygens (including phenoxy) is 1. The van der Waals surface area contributed by atoms with Crippen LogP contribution in [0.5, 0.6) is 5.88 Å². The fourth-order valence-electron chi connectivity index (χ4n) is 3.22. The third-order valence-corrected chi connectivity index (χ3v) is 6.98. The minimum atomic E-state index is -3.18. The largest absolute Gasteiger partial charge is 0.477 e. The van der Waals surface area contributed by atoms with Gasteiger partial charge in [-0.25, -0.2) is 22.5 Å². The molecule has 2 N–H and O–H groups in total. The normalized spacial score (nSPS) is 16.6. The molecule has 1 saturated heterocycles. The third-order valence-electron chi connectivity index (χ3n) is 4.82. The average molecular weight is 475 g/mol. The number of aromatic nitrogens is 3. The second-order valence-corrected chi connectivity index (χ2v) is 10.1. The highest BCUT2D eigenvalue weighted by molar-refractivity contribution is 7.88. The Balaban J connectivity index is 1.29. The van der Waals surface area contributed by atoms with Gasteiger partial charge in [0.1, 0.15) is 16.6 Å². The van der Waals surface area contributed by atoms with Crippen molar-refractivity contribution in [2.75, 3.05) is 36.6 Å². The van der Waals surface area contributed by atoms with E-state index in [1.54, 1.807) is 36.0 Å². The number of nitrogens with zero attached hydrogens (tertiary/aromatic N) is 4. The first-order valence-corrected chi connectivity index (χ1v) is 12.6. The Morgan fingerprint density at radius 1 is 1.19 bits per heavy atom. The molecule has 12 heteroatoms. The number of anilines is 2.